The fourth-order valence-electron chi connectivity index (χ4n) is 2.40. The highest BCUT2D eigenvalue weighted by Gasteiger charge is 2.33. The SMILES string of the molecule is O=C(COc1ccc(NC(=O)c2ccco2)cc1)Nc1ccc(Cl)c(C(F)(F)F)c1. The number of nitrogens with one attached hydrogen (secondary N) is 2. The molecule has 0 aliphatic heterocycles. The summed E-state index contributed by atoms with van der Waals surface area (Å²) in [6.45, 7) is -0.428. The van der Waals surface area contributed by atoms with Crippen LogP contribution in [-0.4, -0.2) is 18.4 Å². The number of carbonyl (C=O) groups excluding carboxylic acids is 2. The van der Waals surface area contributed by atoms with E-state index in [0.29, 0.717) is 11.4 Å². The summed E-state index contributed by atoms with van der Waals surface area (Å²) in [5.41, 5.74) is -0.625. The van der Waals surface area contributed by atoms with Crippen LogP contribution in [0.2, 0.25) is 5.02 Å². The van der Waals surface area contributed by atoms with Crippen molar-refractivity contribution in [3.63, 3.8) is 0 Å². The molecule has 0 spiro atoms. The summed E-state index contributed by atoms with van der Waals surface area (Å²) in [6, 6.07) is 12.3. The average molecular weight is 439 g/mol. The van der Waals surface area contributed by atoms with Crippen molar-refractivity contribution < 1.29 is 31.9 Å². The highest BCUT2D eigenvalue weighted by Crippen LogP contribution is 2.36. The molecule has 2 aromatic carbocycles. The molecule has 0 fully saturated rings. The molecule has 0 atom stereocenters. The molecular weight excluding hydrogens is 425 g/mol. The summed E-state index contributed by atoms with van der Waals surface area (Å²) in [4.78, 5) is 23.8. The van der Waals surface area contributed by atoms with Crippen LogP contribution in [-0.2, 0) is 11.0 Å². The van der Waals surface area contributed by atoms with Crippen LogP contribution < -0.4 is 15.4 Å². The van der Waals surface area contributed by atoms with Crippen LogP contribution in [0.15, 0.2) is 65.3 Å². The van der Waals surface area contributed by atoms with Crippen LogP contribution >= 0.6 is 11.6 Å². The third-order valence-corrected chi connectivity index (χ3v) is 4.11. The molecule has 3 aromatic rings. The van der Waals surface area contributed by atoms with Gasteiger partial charge in [0.1, 0.15) is 5.75 Å². The number of hydrogen-bond acceptors (Lipinski definition) is 4. The van der Waals surface area contributed by atoms with E-state index in [1.54, 1.807) is 18.2 Å². The van der Waals surface area contributed by atoms with Crippen LogP contribution in [0.4, 0.5) is 24.5 Å². The van der Waals surface area contributed by atoms with Gasteiger partial charge in [-0.1, -0.05) is 11.6 Å². The molecule has 30 heavy (non-hydrogen) atoms. The van der Waals surface area contributed by atoms with Crippen molar-refractivity contribution in [1.82, 2.24) is 0 Å². The van der Waals surface area contributed by atoms with Gasteiger partial charge in [0.25, 0.3) is 11.8 Å². The number of alkyl halides is 3. The van der Waals surface area contributed by atoms with Crippen LogP contribution in [0.5, 0.6) is 5.75 Å². The second kappa shape index (κ2) is 8.91. The largest absolute Gasteiger partial charge is 0.484 e. The van der Waals surface area contributed by atoms with Gasteiger partial charge in [-0.3, -0.25) is 9.59 Å². The first-order valence-corrected chi connectivity index (χ1v) is 8.84. The van der Waals surface area contributed by atoms with Crippen molar-refractivity contribution in [3.05, 3.63) is 77.2 Å². The van der Waals surface area contributed by atoms with Gasteiger partial charge in [-0.05, 0) is 54.6 Å². The minimum Gasteiger partial charge on any atom is -0.484 e. The number of carbonyl (C=O) groups is 2. The van der Waals surface area contributed by atoms with Gasteiger partial charge in [0.15, 0.2) is 12.4 Å². The predicted molar refractivity (Wildman–Crippen MR) is 104 cm³/mol. The quantitative estimate of drug-likeness (QED) is 0.553. The first-order valence-electron chi connectivity index (χ1n) is 8.47. The monoisotopic (exact) mass is 438 g/mol. The van der Waals surface area contributed by atoms with Gasteiger partial charge in [0.05, 0.1) is 16.8 Å². The van der Waals surface area contributed by atoms with Crippen LogP contribution in [0.1, 0.15) is 16.1 Å². The molecule has 0 bridgehead atoms. The maximum atomic E-state index is 12.9. The van der Waals surface area contributed by atoms with Crippen LogP contribution in [0.3, 0.4) is 0 Å². The highest BCUT2D eigenvalue weighted by atomic mass is 35.5. The predicted octanol–water partition coefficient (Wildman–Crippen LogP) is 5.22. The zero-order valence-electron chi connectivity index (χ0n) is 15.1. The minimum absolute atomic E-state index is 0.0590. The lowest BCUT2D eigenvalue weighted by atomic mass is 10.2. The van der Waals surface area contributed by atoms with Gasteiger partial charge >= 0.3 is 6.18 Å². The molecule has 0 unspecified atom stereocenters. The van der Waals surface area contributed by atoms with E-state index in [4.69, 9.17) is 20.8 Å². The zero-order valence-corrected chi connectivity index (χ0v) is 15.9. The Morgan fingerprint density at radius 3 is 2.33 bits per heavy atom. The van der Waals surface area contributed by atoms with E-state index in [2.05, 4.69) is 10.6 Å². The fraction of sp³-hybridized carbons (Fsp3) is 0.100. The Morgan fingerprint density at radius 2 is 1.70 bits per heavy atom. The van der Waals surface area contributed by atoms with Crippen LogP contribution in [0.25, 0.3) is 0 Å². The molecule has 10 heteroatoms. The first kappa shape index (κ1) is 21.3. The lowest BCUT2D eigenvalue weighted by Crippen LogP contribution is -2.20. The molecule has 0 radical (unpaired) electrons. The maximum absolute atomic E-state index is 12.9. The smallest absolute Gasteiger partial charge is 0.417 e. The topological polar surface area (TPSA) is 80.6 Å². The van der Waals surface area contributed by atoms with Gasteiger partial charge in [-0.25, -0.2) is 0 Å². The molecule has 156 valence electrons. The van der Waals surface area contributed by atoms with Crippen molar-refractivity contribution in [2.24, 2.45) is 0 Å². The molecule has 0 aliphatic rings. The summed E-state index contributed by atoms with van der Waals surface area (Å²) in [5.74, 6) is -0.592. The number of benzene rings is 2. The number of amides is 2. The Kier molecular flexibility index (Phi) is 6.31. The molecule has 6 nitrogen and oxygen atoms in total. The van der Waals surface area contributed by atoms with Gasteiger partial charge in [0.2, 0.25) is 0 Å². The standard InChI is InChI=1S/C20H14ClF3N2O4/c21-16-8-5-13(10-15(16)20(22,23)24)25-18(27)11-30-14-6-3-12(4-7-14)26-19(28)17-2-1-9-29-17/h1-10H,11H2,(H,25,27)(H,26,28). The molecule has 2 N–H and O–H groups in total. The number of hydrogen-bond donors (Lipinski definition) is 2. The Bertz CT molecular complexity index is 1040. The van der Waals surface area contributed by atoms with Crippen molar-refractivity contribution in [1.29, 1.82) is 0 Å². The van der Waals surface area contributed by atoms with E-state index < -0.39 is 35.2 Å². The number of halogens is 4. The summed E-state index contributed by atoms with van der Waals surface area (Å²) >= 11 is 5.54. The Balaban J connectivity index is 1.53. The Hall–Kier alpha value is -3.46. The number of ether oxygens (including phenoxy) is 1. The van der Waals surface area contributed by atoms with Crippen molar-refractivity contribution >= 4 is 34.8 Å². The highest BCUT2D eigenvalue weighted by molar-refractivity contribution is 6.31. The second-order valence-electron chi connectivity index (χ2n) is 5.99. The zero-order chi connectivity index (χ0) is 21.7. The third-order valence-electron chi connectivity index (χ3n) is 3.78. The van der Waals surface area contributed by atoms with E-state index in [1.165, 1.54) is 30.5 Å². The normalized spacial score (nSPS) is 11.1. The molecule has 0 saturated heterocycles. The lowest BCUT2D eigenvalue weighted by molar-refractivity contribution is -0.137. The van der Waals surface area contributed by atoms with E-state index in [0.717, 1.165) is 12.1 Å². The lowest BCUT2D eigenvalue weighted by Gasteiger charge is -2.12. The van der Waals surface area contributed by atoms with Crippen molar-refractivity contribution in [2.45, 2.75) is 6.18 Å². The first-order chi connectivity index (χ1) is 14.2. The molecule has 2 amide bonds. The number of furan rings is 1. The number of anilines is 2. The summed E-state index contributed by atoms with van der Waals surface area (Å²) < 4.78 is 48.9. The summed E-state index contributed by atoms with van der Waals surface area (Å²) in [5, 5.41) is 4.47. The van der Waals surface area contributed by atoms with Gasteiger partial charge in [-0.2, -0.15) is 13.2 Å². The van der Waals surface area contributed by atoms with Crippen LogP contribution in [0, 0.1) is 0 Å². The minimum atomic E-state index is -4.64. The Morgan fingerprint density at radius 1 is 1.00 bits per heavy atom. The molecule has 0 aliphatic carbocycles. The summed E-state index contributed by atoms with van der Waals surface area (Å²) in [6.07, 6.45) is -3.26. The van der Waals surface area contributed by atoms with Gasteiger partial charge in [0, 0.05) is 11.4 Å². The summed E-state index contributed by atoms with van der Waals surface area (Å²) in [7, 11) is 0. The third kappa shape index (κ3) is 5.54. The Labute approximate surface area is 173 Å². The average Bonchev–Trinajstić information content (AvgIpc) is 3.23. The second-order valence-corrected chi connectivity index (χ2v) is 6.39. The van der Waals surface area contributed by atoms with E-state index in [-0.39, 0.29) is 11.4 Å². The molecular formula is C20H14ClF3N2O4. The molecule has 1 aromatic heterocycles. The van der Waals surface area contributed by atoms with Crippen molar-refractivity contribution in [3.8, 4) is 5.75 Å². The van der Waals surface area contributed by atoms with E-state index in [9.17, 15) is 22.8 Å². The fourth-order valence-corrected chi connectivity index (χ4v) is 2.63. The molecule has 0 saturated carbocycles. The van der Waals surface area contributed by atoms with Gasteiger partial charge < -0.3 is 19.8 Å². The van der Waals surface area contributed by atoms with Gasteiger partial charge in [-0.15, -0.1) is 0 Å². The van der Waals surface area contributed by atoms with Crippen molar-refractivity contribution in [2.75, 3.05) is 17.2 Å². The maximum Gasteiger partial charge on any atom is 0.417 e. The van der Waals surface area contributed by atoms with E-state index in [1.807, 2.05) is 0 Å². The molecule has 3 rings (SSSR count). The number of rotatable bonds is 6. The van der Waals surface area contributed by atoms with E-state index >= 15 is 0 Å². The molecule has 1 heterocycles.